The van der Waals surface area contributed by atoms with E-state index in [2.05, 4.69) is 31.0 Å². The van der Waals surface area contributed by atoms with Crippen LogP contribution < -0.4 is 15.5 Å². The molecule has 0 bridgehead atoms. The number of methoxy groups -OCH3 is 1. The minimum absolute atomic E-state index is 0.0910. The first kappa shape index (κ1) is 19.9. The summed E-state index contributed by atoms with van der Waals surface area (Å²) in [4.78, 5) is 17.3. The number of hydrogen-bond donors (Lipinski definition) is 3. The first-order valence-electron chi connectivity index (χ1n) is 8.43. The second kappa shape index (κ2) is 9.90. The maximum atomic E-state index is 12.0. The number of hydrogen-bond acceptors (Lipinski definition) is 8. The van der Waals surface area contributed by atoms with E-state index < -0.39 is 0 Å². The van der Waals surface area contributed by atoms with E-state index >= 15 is 0 Å². The van der Waals surface area contributed by atoms with Gasteiger partial charge in [0.25, 0.3) is 0 Å². The average molecular weight is 417 g/mol. The molecule has 0 saturated heterocycles. The summed E-state index contributed by atoms with van der Waals surface area (Å²) in [5, 5.41) is 16.4. The molecule has 0 aliphatic carbocycles. The molecular formula is C18H20N6O2S2. The van der Waals surface area contributed by atoms with Crippen LogP contribution in [0.4, 0.5) is 5.95 Å². The minimum atomic E-state index is -0.0910. The number of rotatable bonds is 9. The van der Waals surface area contributed by atoms with E-state index in [0.717, 1.165) is 21.9 Å². The number of hydrazone groups is 1. The Balaban J connectivity index is 1.42. The first-order valence-corrected chi connectivity index (χ1v) is 10.3. The number of nitrogens with one attached hydrogen (secondary N) is 3. The number of amides is 1. The lowest BCUT2D eigenvalue weighted by Crippen LogP contribution is -2.24. The van der Waals surface area contributed by atoms with Crippen molar-refractivity contribution >= 4 is 40.7 Å². The molecule has 3 rings (SSSR count). The van der Waals surface area contributed by atoms with Gasteiger partial charge in [0.05, 0.1) is 18.6 Å². The Labute approximate surface area is 170 Å². The number of H-pyrrole nitrogens is 1. The maximum absolute atomic E-state index is 12.0. The number of benzene rings is 1. The highest BCUT2D eigenvalue weighted by Crippen LogP contribution is 2.15. The molecule has 3 aromatic rings. The third kappa shape index (κ3) is 5.83. The number of ether oxygens (including phenoxy) is 1. The van der Waals surface area contributed by atoms with Crippen molar-refractivity contribution in [3.05, 3.63) is 52.2 Å². The van der Waals surface area contributed by atoms with Crippen LogP contribution in [0.3, 0.4) is 0 Å². The number of aromatic nitrogens is 3. The highest BCUT2D eigenvalue weighted by atomic mass is 32.2. The zero-order valence-corrected chi connectivity index (χ0v) is 17.1. The molecule has 10 heteroatoms. The normalized spacial score (nSPS) is 11.3. The van der Waals surface area contributed by atoms with Gasteiger partial charge in [-0.25, -0.2) is 10.5 Å². The number of thiophene rings is 1. The van der Waals surface area contributed by atoms with E-state index in [1.165, 1.54) is 11.8 Å². The molecule has 2 aromatic heterocycles. The molecule has 0 aliphatic rings. The number of anilines is 1. The highest BCUT2D eigenvalue weighted by molar-refractivity contribution is 7.99. The standard InChI is InChI=1S/C18H20N6O2S2/c1-12(15-4-3-9-27-15)21-22-17-20-18(24-23-17)28-11-16(25)19-10-13-5-7-14(26-2)8-6-13/h3-9H,10-11H2,1-2H3,(H,19,25)(H2,20,22,23,24)/b21-12+. The van der Waals surface area contributed by atoms with Crippen molar-refractivity contribution < 1.29 is 9.53 Å². The molecule has 8 nitrogen and oxygen atoms in total. The second-order valence-corrected chi connectivity index (χ2v) is 7.56. The molecule has 2 heterocycles. The Morgan fingerprint density at radius 1 is 1.32 bits per heavy atom. The van der Waals surface area contributed by atoms with E-state index in [-0.39, 0.29) is 11.7 Å². The van der Waals surface area contributed by atoms with Crippen LogP contribution in [-0.2, 0) is 11.3 Å². The van der Waals surface area contributed by atoms with Crippen LogP contribution in [0.15, 0.2) is 52.0 Å². The van der Waals surface area contributed by atoms with Gasteiger partial charge in [-0.2, -0.15) is 10.1 Å². The average Bonchev–Trinajstić information content (AvgIpc) is 3.41. The molecule has 0 atom stereocenters. The van der Waals surface area contributed by atoms with Gasteiger partial charge in [0, 0.05) is 11.4 Å². The molecule has 0 aliphatic heterocycles. The Morgan fingerprint density at radius 2 is 2.14 bits per heavy atom. The molecule has 1 aromatic carbocycles. The third-order valence-electron chi connectivity index (χ3n) is 3.65. The van der Waals surface area contributed by atoms with E-state index in [1.807, 2.05) is 48.7 Å². The zero-order valence-electron chi connectivity index (χ0n) is 15.4. The lowest BCUT2D eigenvalue weighted by molar-refractivity contribution is -0.118. The Morgan fingerprint density at radius 3 is 2.86 bits per heavy atom. The van der Waals surface area contributed by atoms with Crippen molar-refractivity contribution in [3.63, 3.8) is 0 Å². The summed E-state index contributed by atoms with van der Waals surface area (Å²) in [5.74, 6) is 1.35. The molecule has 146 valence electrons. The van der Waals surface area contributed by atoms with Gasteiger partial charge >= 0.3 is 0 Å². The second-order valence-electron chi connectivity index (χ2n) is 5.67. The molecule has 28 heavy (non-hydrogen) atoms. The summed E-state index contributed by atoms with van der Waals surface area (Å²) in [6.07, 6.45) is 0. The van der Waals surface area contributed by atoms with Crippen molar-refractivity contribution in [3.8, 4) is 5.75 Å². The van der Waals surface area contributed by atoms with Gasteiger partial charge in [0.1, 0.15) is 5.75 Å². The SMILES string of the molecule is COc1ccc(CNC(=O)CSc2n[nH]c(N/N=C(\C)c3cccs3)n2)cc1. The Kier molecular flexibility index (Phi) is 7.04. The third-order valence-corrected chi connectivity index (χ3v) is 5.48. The quantitative estimate of drug-likeness (QED) is 0.281. The van der Waals surface area contributed by atoms with Crippen molar-refractivity contribution in [2.45, 2.75) is 18.6 Å². The van der Waals surface area contributed by atoms with Crippen LogP contribution in [-0.4, -0.2) is 39.7 Å². The topological polar surface area (TPSA) is 104 Å². The number of thioether (sulfide) groups is 1. The summed E-state index contributed by atoms with van der Waals surface area (Å²) in [5.41, 5.74) is 4.70. The predicted octanol–water partition coefficient (Wildman–Crippen LogP) is 3.12. The number of aromatic amines is 1. The number of nitrogens with zero attached hydrogens (tertiary/aromatic N) is 3. The molecule has 0 unspecified atom stereocenters. The smallest absolute Gasteiger partial charge is 0.240 e. The van der Waals surface area contributed by atoms with Gasteiger partial charge in [0.15, 0.2) is 0 Å². The van der Waals surface area contributed by atoms with Crippen LogP contribution in [0.5, 0.6) is 5.75 Å². The van der Waals surface area contributed by atoms with Gasteiger partial charge in [-0.05, 0) is 36.1 Å². The number of carbonyl (C=O) groups excluding carboxylic acids is 1. The molecule has 1 amide bonds. The summed E-state index contributed by atoms with van der Waals surface area (Å²) in [7, 11) is 1.62. The van der Waals surface area contributed by atoms with Gasteiger partial charge in [-0.3, -0.25) is 4.79 Å². The van der Waals surface area contributed by atoms with Crippen molar-refractivity contribution in [2.24, 2.45) is 5.10 Å². The molecule has 0 saturated carbocycles. The van der Waals surface area contributed by atoms with E-state index in [4.69, 9.17) is 4.74 Å². The van der Waals surface area contributed by atoms with Gasteiger partial charge in [-0.1, -0.05) is 30.0 Å². The Bertz CT molecular complexity index is 922. The van der Waals surface area contributed by atoms with Gasteiger partial charge in [-0.15, -0.1) is 16.4 Å². The summed E-state index contributed by atoms with van der Waals surface area (Å²) >= 11 is 2.87. The van der Waals surface area contributed by atoms with Crippen LogP contribution in [0.2, 0.25) is 0 Å². The van der Waals surface area contributed by atoms with Crippen LogP contribution in [0.1, 0.15) is 17.4 Å². The van der Waals surface area contributed by atoms with Crippen molar-refractivity contribution in [2.75, 3.05) is 18.3 Å². The van der Waals surface area contributed by atoms with E-state index in [1.54, 1.807) is 18.4 Å². The highest BCUT2D eigenvalue weighted by Gasteiger charge is 2.08. The molecule has 3 N–H and O–H groups in total. The summed E-state index contributed by atoms with van der Waals surface area (Å²) < 4.78 is 5.11. The molecule has 0 radical (unpaired) electrons. The van der Waals surface area contributed by atoms with Gasteiger partial charge in [0.2, 0.25) is 17.0 Å². The fourth-order valence-electron chi connectivity index (χ4n) is 2.16. The lowest BCUT2D eigenvalue weighted by atomic mass is 10.2. The largest absolute Gasteiger partial charge is 0.497 e. The predicted molar refractivity (Wildman–Crippen MR) is 112 cm³/mol. The van der Waals surface area contributed by atoms with E-state index in [9.17, 15) is 4.79 Å². The van der Waals surface area contributed by atoms with Crippen molar-refractivity contribution in [1.82, 2.24) is 20.5 Å². The van der Waals surface area contributed by atoms with Crippen LogP contribution in [0.25, 0.3) is 0 Å². The molecular weight excluding hydrogens is 396 g/mol. The first-order chi connectivity index (χ1) is 13.6. The fraction of sp³-hybridized carbons (Fsp3) is 0.222. The minimum Gasteiger partial charge on any atom is -0.497 e. The molecule has 0 fully saturated rings. The van der Waals surface area contributed by atoms with Gasteiger partial charge < -0.3 is 10.1 Å². The van der Waals surface area contributed by atoms with Crippen molar-refractivity contribution in [1.29, 1.82) is 0 Å². The summed E-state index contributed by atoms with van der Waals surface area (Å²) in [6.45, 7) is 2.37. The molecule has 0 spiro atoms. The zero-order chi connectivity index (χ0) is 19.8. The van der Waals surface area contributed by atoms with Crippen LogP contribution in [0, 0.1) is 0 Å². The van der Waals surface area contributed by atoms with E-state index in [0.29, 0.717) is 17.6 Å². The Hall–Kier alpha value is -2.85. The van der Waals surface area contributed by atoms with Crippen LogP contribution >= 0.6 is 23.1 Å². The fourth-order valence-corrected chi connectivity index (χ4v) is 3.47. The maximum Gasteiger partial charge on any atom is 0.240 e. The lowest BCUT2D eigenvalue weighted by Gasteiger charge is -2.05. The summed E-state index contributed by atoms with van der Waals surface area (Å²) in [6, 6.07) is 11.5. The monoisotopic (exact) mass is 416 g/mol. The number of carbonyl (C=O) groups is 1.